The molecule has 3 rings (SSSR count). The van der Waals surface area contributed by atoms with Gasteiger partial charge in [0.1, 0.15) is 11.9 Å². The minimum absolute atomic E-state index is 0.135. The lowest BCUT2D eigenvalue weighted by Gasteiger charge is -2.23. The first-order valence-corrected chi connectivity index (χ1v) is 6.78. The predicted octanol–water partition coefficient (Wildman–Crippen LogP) is 2.83. The summed E-state index contributed by atoms with van der Waals surface area (Å²) in [5, 5.41) is 4.53. The Hall–Kier alpha value is -1.75. The van der Waals surface area contributed by atoms with E-state index in [9.17, 15) is 4.39 Å². The average molecular weight is 275 g/mol. The second-order valence-corrected chi connectivity index (χ2v) is 6.04. The molecule has 0 aliphatic carbocycles. The largest absolute Gasteiger partial charge is 0.363 e. The lowest BCUT2D eigenvalue weighted by Crippen LogP contribution is -2.24. The molecule has 1 aromatic heterocycles. The zero-order valence-corrected chi connectivity index (χ0v) is 11.9. The highest BCUT2D eigenvalue weighted by molar-refractivity contribution is 5.26. The maximum absolute atomic E-state index is 14.0. The first-order chi connectivity index (χ1) is 9.47. The van der Waals surface area contributed by atoms with Crippen molar-refractivity contribution in [2.45, 2.75) is 38.8 Å². The number of fused-ring (bicyclic) bond motifs is 1. The highest BCUT2D eigenvalue weighted by atomic mass is 19.1. The summed E-state index contributed by atoms with van der Waals surface area (Å²) in [7, 11) is 0. The van der Waals surface area contributed by atoms with Crippen molar-refractivity contribution in [3.63, 3.8) is 0 Å². The van der Waals surface area contributed by atoms with Gasteiger partial charge in [-0.1, -0.05) is 39.0 Å². The van der Waals surface area contributed by atoms with E-state index in [4.69, 9.17) is 4.74 Å². The summed E-state index contributed by atoms with van der Waals surface area (Å²) in [4.78, 5) is 4.58. The fourth-order valence-corrected chi connectivity index (χ4v) is 2.28. The van der Waals surface area contributed by atoms with Crippen molar-refractivity contribution >= 4 is 0 Å². The Morgan fingerprint density at radius 2 is 2.05 bits per heavy atom. The van der Waals surface area contributed by atoms with Gasteiger partial charge in [-0.25, -0.2) is 14.1 Å². The zero-order valence-electron chi connectivity index (χ0n) is 11.9. The molecule has 1 unspecified atom stereocenters. The van der Waals surface area contributed by atoms with Crippen LogP contribution in [0.5, 0.6) is 0 Å². The molecule has 0 N–H and O–H groups in total. The van der Waals surface area contributed by atoms with Crippen LogP contribution in [0.4, 0.5) is 4.39 Å². The van der Waals surface area contributed by atoms with Crippen molar-refractivity contribution in [3.8, 4) is 0 Å². The number of hydrogen-bond acceptors (Lipinski definition) is 3. The van der Waals surface area contributed by atoms with Gasteiger partial charge < -0.3 is 4.74 Å². The summed E-state index contributed by atoms with van der Waals surface area (Å²) in [5.74, 6) is 1.18. The normalized spacial score (nSPS) is 18.9. The molecule has 1 aliphatic heterocycles. The molecule has 0 radical (unpaired) electrons. The highest BCUT2D eigenvalue weighted by Crippen LogP contribution is 2.31. The highest BCUT2D eigenvalue weighted by Gasteiger charge is 2.31. The van der Waals surface area contributed by atoms with Crippen LogP contribution >= 0.6 is 0 Å². The third kappa shape index (κ3) is 2.22. The number of halogens is 1. The van der Waals surface area contributed by atoms with E-state index in [0.717, 1.165) is 5.82 Å². The van der Waals surface area contributed by atoms with Crippen LogP contribution in [0.3, 0.4) is 0 Å². The van der Waals surface area contributed by atoms with Gasteiger partial charge in [-0.05, 0) is 6.07 Å². The van der Waals surface area contributed by atoms with Gasteiger partial charge in [-0.15, -0.1) is 0 Å². The molecular formula is C15H18FN3O. The lowest BCUT2D eigenvalue weighted by atomic mass is 9.96. The molecular weight excluding hydrogens is 257 g/mol. The molecule has 0 saturated carbocycles. The molecule has 1 aromatic carbocycles. The molecule has 0 fully saturated rings. The minimum Gasteiger partial charge on any atom is -0.363 e. The van der Waals surface area contributed by atoms with Gasteiger partial charge in [-0.3, -0.25) is 0 Å². The third-order valence-corrected chi connectivity index (χ3v) is 3.38. The predicted molar refractivity (Wildman–Crippen MR) is 72.9 cm³/mol. The van der Waals surface area contributed by atoms with Gasteiger partial charge in [0.25, 0.3) is 0 Å². The topological polar surface area (TPSA) is 39.9 Å². The van der Waals surface area contributed by atoms with E-state index in [2.05, 4.69) is 30.9 Å². The fourth-order valence-electron chi connectivity index (χ4n) is 2.28. The van der Waals surface area contributed by atoms with Gasteiger partial charge in [0, 0.05) is 11.0 Å². The smallest absolute Gasteiger partial charge is 0.161 e. The number of aromatic nitrogens is 3. The molecule has 20 heavy (non-hydrogen) atoms. The van der Waals surface area contributed by atoms with Crippen LogP contribution < -0.4 is 0 Å². The van der Waals surface area contributed by atoms with E-state index in [0.29, 0.717) is 24.5 Å². The lowest BCUT2D eigenvalue weighted by molar-refractivity contribution is 0.0369. The molecule has 1 aliphatic rings. The maximum Gasteiger partial charge on any atom is 0.161 e. The molecule has 4 nitrogen and oxygen atoms in total. The minimum atomic E-state index is -0.478. The van der Waals surface area contributed by atoms with Crippen molar-refractivity contribution in [1.82, 2.24) is 14.8 Å². The third-order valence-electron chi connectivity index (χ3n) is 3.38. The van der Waals surface area contributed by atoms with E-state index in [-0.39, 0.29) is 11.2 Å². The maximum atomic E-state index is 14.0. The molecule has 2 aromatic rings. The molecule has 0 saturated heterocycles. The number of ether oxygens (including phenoxy) is 1. The van der Waals surface area contributed by atoms with Gasteiger partial charge >= 0.3 is 0 Å². The van der Waals surface area contributed by atoms with E-state index in [1.54, 1.807) is 12.1 Å². The second kappa shape index (κ2) is 4.66. The first-order valence-electron chi connectivity index (χ1n) is 6.78. The Bertz CT molecular complexity index is 630. The summed E-state index contributed by atoms with van der Waals surface area (Å²) in [5.41, 5.74) is 0.380. The molecule has 5 heteroatoms. The summed E-state index contributed by atoms with van der Waals surface area (Å²) in [6, 6.07) is 6.66. The van der Waals surface area contributed by atoms with Crippen LogP contribution in [0.1, 0.15) is 44.1 Å². The quantitative estimate of drug-likeness (QED) is 0.803. The molecule has 1 atom stereocenters. The van der Waals surface area contributed by atoms with Gasteiger partial charge in [0.15, 0.2) is 11.6 Å². The van der Waals surface area contributed by atoms with Crippen molar-refractivity contribution in [2.75, 3.05) is 6.61 Å². The van der Waals surface area contributed by atoms with E-state index in [1.807, 2.05) is 10.7 Å². The Balaban J connectivity index is 2.06. The van der Waals surface area contributed by atoms with E-state index >= 15 is 0 Å². The standard InChI is InChI=1S/C15H18FN3O/c1-15(2,3)14-17-13-12(20-9-8-19(13)18-14)10-6-4-5-7-11(10)16/h4-7,12H,8-9H2,1-3H3. The number of benzene rings is 1. The van der Waals surface area contributed by atoms with Gasteiger partial charge in [0.2, 0.25) is 0 Å². The summed E-state index contributed by atoms with van der Waals surface area (Å²) in [6.07, 6.45) is -0.478. The van der Waals surface area contributed by atoms with Crippen LogP contribution in [-0.2, 0) is 16.7 Å². The second-order valence-electron chi connectivity index (χ2n) is 6.04. The van der Waals surface area contributed by atoms with Crippen molar-refractivity contribution < 1.29 is 9.13 Å². The number of hydrogen-bond donors (Lipinski definition) is 0. The first kappa shape index (κ1) is 13.2. The average Bonchev–Trinajstić information content (AvgIpc) is 2.83. The fraction of sp³-hybridized carbons (Fsp3) is 0.467. The Morgan fingerprint density at radius 3 is 2.75 bits per heavy atom. The molecule has 0 bridgehead atoms. The monoisotopic (exact) mass is 275 g/mol. The van der Waals surface area contributed by atoms with E-state index in [1.165, 1.54) is 6.07 Å². The van der Waals surface area contributed by atoms with Crippen LogP contribution in [0.25, 0.3) is 0 Å². The van der Waals surface area contributed by atoms with Crippen LogP contribution in [0.15, 0.2) is 24.3 Å². The Kier molecular flexibility index (Phi) is 3.09. The molecule has 0 amide bonds. The van der Waals surface area contributed by atoms with Crippen molar-refractivity contribution in [2.24, 2.45) is 0 Å². The summed E-state index contributed by atoms with van der Waals surface area (Å²) in [6.45, 7) is 7.36. The molecule has 0 spiro atoms. The van der Waals surface area contributed by atoms with Gasteiger partial charge in [0.05, 0.1) is 13.2 Å². The zero-order chi connectivity index (χ0) is 14.3. The van der Waals surface area contributed by atoms with Crippen LogP contribution in [-0.4, -0.2) is 21.4 Å². The van der Waals surface area contributed by atoms with Crippen LogP contribution in [0.2, 0.25) is 0 Å². The summed E-state index contributed by atoms with van der Waals surface area (Å²) >= 11 is 0. The van der Waals surface area contributed by atoms with Crippen molar-refractivity contribution in [1.29, 1.82) is 0 Å². The van der Waals surface area contributed by atoms with Gasteiger partial charge in [-0.2, -0.15) is 5.10 Å². The van der Waals surface area contributed by atoms with E-state index < -0.39 is 6.10 Å². The van der Waals surface area contributed by atoms with Crippen LogP contribution in [0, 0.1) is 5.82 Å². The number of nitrogens with zero attached hydrogens (tertiary/aromatic N) is 3. The van der Waals surface area contributed by atoms with Crippen molar-refractivity contribution in [3.05, 3.63) is 47.3 Å². The Morgan fingerprint density at radius 1 is 1.30 bits per heavy atom. The summed E-state index contributed by atoms with van der Waals surface area (Å²) < 4.78 is 21.5. The molecule has 106 valence electrons. The molecule has 2 heterocycles. The number of rotatable bonds is 1. The Labute approximate surface area is 117 Å². The SMILES string of the molecule is CC(C)(C)c1nc2n(n1)CCOC2c1ccccc1F.